The summed E-state index contributed by atoms with van der Waals surface area (Å²) in [6, 6.07) is 9.87. The van der Waals surface area contributed by atoms with Crippen LogP contribution in [-0.2, 0) is 0 Å². The lowest BCUT2D eigenvalue weighted by Gasteiger charge is -2.10. The lowest BCUT2D eigenvalue weighted by Crippen LogP contribution is -1.97. The second-order valence-electron chi connectivity index (χ2n) is 3.09. The van der Waals surface area contributed by atoms with Gasteiger partial charge in [0.25, 0.3) is 0 Å². The van der Waals surface area contributed by atoms with Crippen LogP contribution in [0, 0.1) is 3.57 Å². The van der Waals surface area contributed by atoms with Gasteiger partial charge in [0.1, 0.15) is 6.10 Å². The Labute approximate surface area is 114 Å². The second kappa shape index (κ2) is 4.95. The number of rotatable bonds is 2. The fraction of sp³-hybridized carbons (Fsp3) is 0.0909. The maximum Gasteiger partial charge on any atom is 0.114 e. The topological polar surface area (TPSA) is 20.2 Å². The third-order valence-corrected chi connectivity index (χ3v) is 4.65. The number of aliphatic hydroxyl groups is 1. The summed E-state index contributed by atoms with van der Waals surface area (Å²) in [6.45, 7) is 0. The van der Waals surface area contributed by atoms with E-state index in [0.717, 1.165) is 18.5 Å². The fourth-order valence-electron chi connectivity index (χ4n) is 1.33. The molecule has 1 aromatic heterocycles. The summed E-state index contributed by atoms with van der Waals surface area (Å²) in [5, 5.41) is 12.1. The average Bonchev–Trinajstić information content (AvgIpc) is 2.63. The van der Waals surface area contributed by atoms with E-state index in [9.17, 15) is 5.11 Å². The highest BCUT2D eigenvalue weighted by Gasteiger charge is 2.14. The highest BCUT2D eigenvalue weighted by atomic mass is 127. The Morgan fingerprint density at radius 2 is 2.13 bits per heavy atom. The van der Waals surface area contributed by atoms with Crippen LogP contribution in [0.3, 0.4) is 0 Å². The molecule has 0 saturated carbocycles. The number of aliphatic hydroxyl groups excluding tert-OH is 1. The molecule has 1 atom stereocenters. The van der Waals surface area contributed by atoms with Gasteiger partial charge in [-0.3, -0.25) is 0 Å². The summed E-state index contributed by atoms with van der Waals surface area (Å²) in [5.74, 6) is 0. The van der Waals surface area contributed by atoms with Gasteiger partial charge in [-0.2, -0.15) is 0 Å². The Balaban J connectivity index is 2.36. The monoisotopic (exact) mass is 394 g/mol. The van der Waals surface area contributed by atoms with E-state index in [1.54, 1.807) is 11.3 Å². The van der Waals surface area contributed by atoms with Crippen molar-refractivity contribution in [1.82, 2.24) is 0 Å². The van der Waals surface area contributed by atoms with Crippen molar-refractivity contribution in [3.63, 3.8) is 0 Å². The molecule has 1 aromatic carbocycles. The number of halogens is 2. The van der Waals surface area contributed by atoms with Crippen molar-refractivity contribution in [3.8, 4) is 0 Å². The fourth-order valence-corrected chi connectivity index (χ4v) is 3.50. The van der Waals surface area contributed by atoms with Crippen LogP contribution < -0.4 is 0 Å². The molecule has 0 fully saturated rings. The van der Waals surface area contributed by atoms with Crippen LogP contribution in [0.15, 0.2) is 40.2 Å². The van der Waals surface area contributed by atoms with Gasteiger partial charge in [0, 0.05) is 8.04 Å². The zero-order valence-electron chi connectivity index (χ0n) is 7.65. The molecule has 0 radical (unpaired) electrons. The molecule has 1 N–H and O–H groups in total. The second-order valence-corrected chi connectivity index (χ2v) is 6.14. The molecule has 4 heteroatoms. The quantitative estimate of drug-likeness (QED) is 0.757. The van der Waals surface area contributed by atoms with Crippen LogP contribution >= 0.6 is 49.9 Å². The van der Waals surface area contributed by atoms with Gasteiger partial charge in [-0.05, 0) is 67.7 Å². The van der Waals surface area contributed by atoms with Crippen molar-refractivity contribution in [1.29, 1.82) is 0 Å². The molecule has 15 heavy (non-hydrogen) atoms. The number of benzene rings is 1. The minimum atomic E-state index is -0.533. The summed E-state index contributed by atoms with van der Waals surface area (Å²) in [7, 11) is 0. The van der Waals surface area contributed by atoms with Crippen molar-refractivity contribution in [3.05, 3.63) is 54.2 Å². The van der Waals surface area contributed by atoms with Crippen LogP contribution in [0.4, 0.5) is 0 Å². The van der Waals surface area contributed by atoms with E-state index >= 15 is 0 Å². The standard InChI is InChI=1S/C11H8BrIOS/c12-9-4-5-15-11(9)10(14)7-2-1-3-8(13)6-7/h1-6,10,14H. The molecule has 2 rings (SSSR count). The number of hydrogen-bond acceptors (Lipinski definition) is 2. The minimum Gasteiger partial charge on any atom is -0.383 e. The highest BCUT2D eigenvalue weighted by Crippen LogP contribution is 2.33. The Hall–Kier alpha value is 0.0900. The number of hydrogen-bond donors (Lipinski definition) is 1. The van der Waals surface area contributed by atoms with Crippen LogP contribution in [0.1, 0.15) is 16.5 Å². The molecule has 0 saturated heterocycles. The predicted octanol–water partition coefficient (Wildman–Crippen LogP) is 4.20. The van der Waals surface area contributed by atoms with Gasteiger partial charge < -0.3 is 5.11 Å². The molecule has 1 heterocycles. The van der Waals surface area contributed by atoms with E-state index in [1.165, 1.54) is 0 Å². The molecule has 0 spiro atoms. The summed E-state index contributed by atoms with van der Waals surface area (Å²) < 4.78 is 2.11. The van der Waals surface area contributed by atoms with E-state index < -0.39 is 6.10 Å². The Morgan fingerprint density at radius 3 is 2.73 bits per heavy atom. The van der Waals surface area contributed by atoms with Gasteiger partial charge in [-0.1, -0.05) is 12.1 Å². The molecule has 0 aliphatic heterocycles. The summed E-state index contributed by atoms with van der Waals surface area (Å²) in [6.07, 6.45) is -0.533. The predicted molar refractivity (Wildman–Crippen MR) is 75.2 cm³/mol. The summed E-state index contributed by atoms with van der Waals surface area (Å²) >= 11 is 7.24. The molecule has 0 aliphatic carbocycles. The first-order valence-electron chi connectivity index (χ1n) is 4.35. The average molecular weight is 395 g/mol. The molecule has 78 valence electrons. The lowest BCUT2D eigenvalue weighted by atomic mass is 10.1. The molecule has 1 unspecified atom stereocenters. The molecule has 0 bridgehead atoms. The third-order valence-electron chi connectivity index (χ3n) is 2.06. The summed E-state index contributed by atoms with van der Waals surface area (Å²) in [4.78, 5) is 0.956. The highest BCUT2D eigenvalue weighted by molar-refractivity contribution is 14.1. The normalized spacial score (nSPS) is 12.7. The van der Waals surface area contributed by atoms with E-state index in [4.69, 9.17) is 0 Å². The van der Waals surface area contributed by atoms with Crippen LogP contribution in [-0.4, -0.2) is 5.11 Å². The Kier molecular flexibility index (Phi) is 3.82. The molecule has 0 amide bonds. The Bertz CT molecular complexity index is 469. The smallest absolute Gasteiger partial charge is 0.114 e. The molecular formula is C11H8BrIOS. The van der Waals surface area contributed by atoms with Gasteiger partial charge in [-0.15, -0.1) is 11.3 Å². The van der Waals surface area contributed by atoms with Gasteiger partial charge in [-0.25, -0.2) is 0 Å². The molecule has 2 aromatic rings. The first kappa shape index (κ1) is 11.6. The van der Waals surface area contributed by atoms with Crippen molar-refractivity contribution < 1.29 is 5.11 Å². The van der Waals surface area contributed by atoms with E-state index in [0.29, 0.717) is 0 Å². The first-order valence-corrected chi connectivity index (χ1v) is 7.10. The lowest BCUT2D eigenvalue weighted by molar-refractivity contribution is 0.223. The maximum absolute atomic E-state index is 10.2. The largest absolute Gasteiger partial charge is 0.383 e. The van der Waals surface area contributed by atoms with Crippen molar-refractivity contribution in [2.75, 3.05) is 0 Å². The third kappa shape index (κ3) is 2.61. The van der Waals surface area contributed by atoms with Crippen molar-refractivity contribution in [2.24, 2.45) is 0 Å². The first-order chi connectivity index (χ1) is 7.18. The van der Waals surface area contributed by atoms with Crippen LogP contribution in [0.5, 0.6) is 0 Å². The zero-order chi connectivity index (χ0) is 10.8. The summed E-state index contributed by atoms with van der Waals surface area (Å²) in [5.41, 5.74) is 0.935. The van der Waals surface area contributed by atoms with E-state index in [1.807, 2.05) is 35.7 Å². The van der Waals surface area contributed by atoms with Crippen LogP contribution in [0.25, 0.3) is 0 Å². The van der Waals surface area contributed by atoms with E-state index in [-0.39, 0.29) is 0 Å². The van der Waals surface area contributed by atoms with Gasteiger partial charge in [0.15, 0.2) is 0 Å². The maximum atomic E-state index is 10.2. The van der Waals surface area contributed by atoms with Gasteiger partial charge >= 0.3 is 0 Å². The van der Waals surface area contributed by atoms with E-state index in [2.05, 4.69) is 38.5 Å². The molecule has 0 aliphatic rings. The van der Waals surface area contributed by atoms with Crippen molar-refractivity contribution in [2.45, 2.75) is 6.10 Å². The Morgan fingerprint density at radius 1 is 1.33 bits per heavy atom. The van der Waals surface area contributed by atoms with Crippen LogP contribution in [0.2, 0.25) is 0 Å². The van der Waals surface area contributed by atoms with Gasteiger partial charge in [0.2, 0.25) is 0 Å². The minimum absolute atomic E-state index is 0.533. The van der Waals surface area contributed by atoms with Crippen molar-refractivity contribution >= 4 is 49.9 Å². The SMILES string of the molecule is OC(c1cccc(I)c1)c1sccc1Br. The molecular weight excluding hydrogens is 387 g/mol. The zero-order valence-corrected chi connectivity index (χ0v) is 12.2. The van der Waals surface area contributed by atoms with Gasteiger partial charge in [0.05, 0.1) is 4.88 Å². The molecule has 1 nitrogen and oxygen atoms in total. The number of thiophene rings is 1.